The van der Waals surface area contributed by atoms with E-state index in [1.54, 1.807) is 0 Å². The van der Waals surface area contributed by atoms with Crippen LogP contribution >= 0.6 is 27.7 Å². The first-order valence-electron chi connectivity index (χ1n) is 5.61. The summed E-state index contributed by atoms with van der Waals surface area (Å²) >= 11 is 2.79. The molecule has 5 nitrogen and oxygen atoms in total. The molecule has 1 N–H and O–H groups in total. The van der Waals surface area contributed by atoms with E-state index in [9.17, 15) is 28.4 Å². The fourth-order valence-electron chi connectivity index (χ4n) is 1.50. The average molecular weight is 390 g/mol. The van der Waals surface area contributed by atoms with Gasteiger partial charge >= 0.3 is 11.2 Å². The molecule has 10 heteroatoms. The molecule has 0 aliphatic carbocycles. The molecule has 0 aromatic heterocycles. The van der Waals surface area contributed by atoms with E-state index in [0.29, 0.717) is 4.47 Å². The van der Waals surface area contributed by atoms with Crippen molar-refractivity contribution in [2.75, 3.05) is 12.4 Å². The van der Waals surface area contributed by atoms with Crippen LogP contribution in [0.2, 0.25) is 0 Å². The Labute approximate surface area is 130 Å². The minimum atomic E-state index is -4.39. The summed E-state index contributed by atoms with van der Waals surface area (Å²) in [6.07, 6.45) is -1.06. The number of hydrogen-bond acceptors (Lipinski definition) is 5. The van der Waals surface area contributed by atoms with Gasteiger partial charge in [0, 0.05) is 21.9 Å². The lowest BCUT2D eigenvalue weighted by Crippen LogP contribution is -2.10. The normalized spacial score (nSPS) is 13.0. The molecule has 0 saturated heterocycles. The van der Waals surface area contributed by atoms with Gasteiger partial charge in [-0.15, -0.1) is 0 Å². The van der Waals surface area contributed by atoms with E-state index < -0.39 is 28.0 Å². The van der Waals surface area contributed by atoms with Crippen LogP contribution in [0, 0.1) is 10.1 Å². The second-order valence-corrected chi connectivity index (χ2v) is 5.99. The third-order valence-electron chi connectivity index (χ3n) is 2.31. The summed E-state index contributed by atoms with van der Waals surface area (Å²) in [5, 5.41) is 20.6. The maximum Gasteiger partial charge on any atom is 0.441 e. The number of aliphatic hydroxyl groups excluding tert-OH is 1. The lowest BCUT2D eigenvalue weighted by molar-refractivity contribution is -0.386. The van der Waals surface area contributed by atoms with Crippen LogP contribution in [0.15, 0.2) is 16.6 Å². The van der Waals surface area contributed by atoms with Gasteiger partial charge in [-0.1, -0.05) is 15.9 Å². The van der Waals surface area contributed by atoms with E-state index >= 15 is 0 Å². The monoisotopic (exact) mass is 389 g/mol. The summed E-state index contributed by atoms with van der Waals surface area (Å²) in [5.74, 6) is -0.628. The van der Waals surface area contributed by atoms with Crippen LogP contribution in [0.3, 0.4) is 0 Å². The quantitative estimate of drug-likeness (QED) is 0.451. The van der Waals surface area contributed by atoms with Crippen LogP contribution in [0.5, 0.6) is 5.75 Å². The smallest absolute Gasteiger partial charge is 0.441 e. The molecule has 0 unspecified atom stereocenters. The van der Waals surface area contributed by atoms with E-state index in [1.165, 1.54) is 13.0 Å². The maximum absolute atomic E-state index is 12.0. The second kappa shape index (κ2) is 7.32. The molecular weight excluding hydrogens is 379 g/mol. The van der Waals surface area contributed by atoms with Crippen molar-refractivity contribution in [1.82, 2.24) is 0 Å². The SMILES string of the molecule is C[C@@H](O)c1cc(Br)cc([N+](=O)[O-])c1OCCSC(F)(F)F. The van der Waals surface area contributed by atoms with Gasteiger partial charge in [0.1, 0.15) is 0 Å². The molecule has 1 atom stereocenters. The number of nitro benzene ring substituents is 1. The molecule has 1 rings (SSSR count). The summed E-state index contributed by atoms with van der Waals surface area (Å²) in [5.41, 5.74) is -4.67. The molecule has 1 aromatic rings. The van der Waals surface area contributed by atoms with Crippen molar-refractivity contribution in [3.63, 3.8) is 0 Å². The van der Waals surface area contributed by atoms with Gasteiger partial charge in [0.15, 0.2) is 0 Å². The van der Waals surface area contributed by atoms with Crippen molar-refractivity contribution in [3.05, 3.63) is 32.3 Å². The Balaban J connectivity index is 2.95. The molecule has 1 aromatic carbocycles. The Bertz CT molecular complexity index is 525. The molecule has 21 heavy (non-hydrogen) atoms. The van der Waals surface area contributed by atoms with Gasteiger partial charge < -0.3 is 9.84 Å². The zero-order chi connectivity index (χ0) is 16.2. The van der Waals surface area contributed by atoms with Gasteiger partial charge in [0.25, 0.3) is 0 Å². The molecular formula is C11H11BrF3NO4S. The Hall–Kier alpha value is -1.00. The van der Waals surface area contributed by atoms with E-state index in [2.05, 4.69) is 15.9 Å². The van der Waals surface area contributed by atoms with Crippen LogP contribution in [0.4, 0.5) is 18.9 Å². The van der Waals surface area contributed by atoms with Crippen LogP contribution in [-0.2, 0) is 0 Å². The first-order chi connectivity index (χ1) is 9.61. The number of ether oxygens (including phenoxy) is 1. The molecule has 0 fully saturated rings. The first kappa shape index (κ1) is 18.1. The van der Waals surface area contributed by atoms with E-state index in [1.807, 2.05) is 0 Å². The van der Waals surface area contributed by atoms with Crippen LogP contribution in [0.1, 0.15) is 18.6 Å². The van der Waals surface area contributed by atoms with E-state index in [0.717, 1.165) is 6.07 Å². The van der Waals surface area contributed by atoms with Crippen molar-refractivity contribution < 1.29 is 27.9 Å². The highest BCUT2D eigenvalue weighted by atomic mass is 79.9. The number of benzene rings is 1. The van der Waals surface area contributed by atoms with Gasteiger partial charge in [-0.25, -0.2) is 0 Å². The number of alkyl halides is 3. The first-order valence-corrected chi connectivity index (χ1v) is 7.39. The standard InChI is InChI=1S/C11H11BrF3NO4S/c1-6(17)8-4-7(12)5-9(16(18)19)10(8)20-2-3-21-11(13,14)15/h4-6,17H,2-3H2,1H3/t6-/m1/s1. The van der Waals surface area contributed by atoms with Crippen molar-refractivity contribution in [1.29, 1.82) is 0 Å². The Morgan fingerprint density at radius 1 is 1.52 bits per heavy atom. The van der Waals surface area contributed by atoms with Gasteiger partial charge in [-0.2, -0.15) is 13.2 Å². The van der Waals surface area contributed by atoms with Crippen molar-refractivity contribution in [2.24, 2.45) is 0 Å². The molecule has 0 saturated carbocycles. The van der Waals surface area contributed by atoms with Gasteiger partial charge in [0.2, 0.25) is 5.75 Å². The van der Waals surface area contributed by atoms with Crippen molar-refractivity contribution in [3.8, 4) is 5.75 Å². The molecule has 0 heterocycles. The van der Waals surface area contributed by atoms with Crippen LogP contribution in [0.25, 0.3) is 0 Å². The highest BCUT2D eigenvalue weighted by Gasteiger charge is 2.28. The zero-order valence-electron chi connectivity index (χ0n) is 10.7. The lowest BCUT2D eigenvalue weighted by Gasteiger charge is -2.14. The van der Waals surface area contributed by atoms with E-state index in [4.69, 9.17) is 4.74 Å². The molecule has 0 spiro atoms. The predicted molar refractivity (Wildman–Crippen MR) is 75.4 cm³/mol. The highest BCUT2D eigenvalue weighted by Crippen LogP contribution is 2.38. The van der Waals surface area contributed by atoms with Gasteiger partial charge in [0.05, 0.1) is 17.6 Å². The summed E-state index contributed by atoms with van der Waals surface area (Å²) in [7, 11) is 0. The average Bonchev–Trinajstić information content (AvgIpc) is 2.33. The Kier molecular flexibility index (Phi) is 6.29. The third-order valence-corrected chi connectivity index (χ3v) is 3.46. The third kappa shape index (κ3) is 5.71. The Morgan fingerprint density at radius 3 is 2.62 bits per heavy atom. The summed E-state index contributed by atoms with van der Waals surface area (Å²) in [6, 6.07) is 2.59. The number of hydrogen-bond donors (Lipinski definition) is 1. The number of thioether (sulfide) groups is 1. The number of nitrogens with zero attached hydrogens (tertiary/aromatic N) is 1. The minimum Gasteiger partial charge on any atom is -0.486 e. The fourth-order valence-corrected chi connectivity index (χ4v) is 2.37. The second-order valence-electron chi connectivity index (χ2n) is 3.92. The van der Waals surface area contributed by atoms with Crippen molar-refractivity contribution >= 4 is 33.4 Å². The zero-order valence-corrected chi connectivity index (χ0v) is 13.1. The molecule has 0 aliphatic heterocycles. The number of nitro groups is 1. The van der Waals surface area contributed by atoms with Crippen molar-refractivity contribution in [2.45, 2.75) is 18.5 Å². The Morgan fingerprint density at radius 2 is 2.14 bits per heavy atom. The summed E-state index contributed by atoms with van der Waals surface area (Å²) < 4.78 is 41.5. The van der Waals surface area contributed by atoms with Crippen LogP contribution in [-0.4, -0.2) is 27.9 Å². The topological polar surface area (TPSA) is 72.6 Å². The highest BCUT2D eigenvalue weighted by molar-refractivity contribution is 9.10. The summed E-state index contributed by atoms with van der Waals surface area (Å²) in [6.45, 7) is 1.01. The molecule has 0 bridgehead atoms. The minimum absolute atomic E-state index is 0.132. The number of halogens is 4. The molecule has 0 aliphatic rings. The lowest BCUT2D eigenvalue weighted by atomic mass is 10.1. The number of rotatable bonds is 6. The van der Waals surface area contributed by atoms with E-state index in [-0.39, 0.29) is 29.7 Å². The predicted octanol–water partition coefficient (Wildman–Crippen LogP) is 4.04. The summed E-state index contributed by atoms with van der Waals surface area (Å²) in [4.78, 5) is 10.3. The van der Waals surface area contributed by atoms with Gasteiger partial charge in [-0.05, 0) is 24.8 Å². The molecule has 118 valence electrons. The molecule has 0 amide bonds. The largest absolute Gasteiger partial charge is 0.486 e. The van der Waals surface area contributed by atoms with Gasteiger partial charge in [-0.3, -0.25) is 10.1 Å². The fraction of sp³-hybridized carbons (Fsp3) is 0.455. The molecule has 0 radical (unpaired) electrons. The van der Waals surface area contributed by atoms with Crippen LogP contribution < -0.4 is 4.74 Å². The maximum atomic E-state index is 12.0. The number of aliphatic hydroxyl groups is 1.